The number of methoxy groups -OCH3 is 1. The molecule has 0 aliphatic heterocycles. The van der Waals surface area contributed by atoms with E-state index in [2.05, 4.69) is 0 Å². The predicted molar refractivity (Wildman–Crippen MR) is 41.2 cm³/mol. The second kappa shape index (κ2) is 2.59. The van der Waals surface area contributed by atoms with Gasteiger partial charge in [-0.1, -0.05) is 0 Å². The number of ether oxygens (including phenoxy) is 1. The minimum Gasteiger partial charge on any atom is -0.377 e. The summed E-state index contributed by atoms with van der Waals surface area (Å²) in [5.41, 5.74) is 0. The van der Waals surface area contributed by atoms with Crippen LogP contribution in [-0.4, -0.2) is 19.5 Å². The fourth-order valence-corrected chi connectivity index (χ4v) is 2.24. The third-order valence-corrected chi connectivity index (χ3v) is 2.99. The van der Waals surface area contributed by atoms with E-state index < -0.39 is 0 Å². The predicted octanol–water partition coefficient (Wildman–Crippen LogP) is 1.25. The van der Waals surface area contributed by atoms with Crippen molar-refractivity contribution in [3.63, 3.8) is 0 Å². The molecule has 0 spiro atoms. The fraction of sp³-hybridized carbons (Fsp3) is 0.889. The number of carbonyl (C=O) groups excluding carboxylic acids is 1. The molecule has 2 nitrogen and oxygen atoms in total. The molecule has 2 rings (SSSR count). The van der Waals surface area contributed by atoms with Gasteiger partial charge in [-0.15, -0.1) is 0 Å². The van der Waals surface area contributed by atoms with Crippen molar-refractivity contribution < 1.29 is 9.53 Å². The van der Waals surface area contributed by atoms with Crippen molar-refractivity contribution in [2.75, 3.05) is 13.7 Å². The molecule has 2 saturated carbocycles. The zero-order valence-corrected chi connectivity index (χ0v) is 6.88. The number of hydrogen-bond acceptors (Lipinski definition) is 2. The van der Waals surface area contributed by atoms with Crippen molar-refractivity contribution in [1.82, 2.24) is 0 Å². The lowest BCUT2D eigenvalue weighted by molar-refractivity contribution is -0.126. The lowest BCUT2D eigenvalue weighted by Gasteiger charge is -2.08. The molecule has 0 heterocycles. The van der Waals surface area contributed by atoms with Gasteiger partial charge in [-0.25, -0.2) is 0 Å². The van der Waals surface area contributed by atoms with Crippen molar-refractivity contribution in [3.05, 3.63) is 0 Å². The first-order valence-corrected chi connectivity index (χ1v) is 4.33. The van der Waals surface area contributed by atoms with E-state index in [0.29, 0.717) is 18.3 Å². The Bertz CT molecular complexity index is 166. The smallest absolute Gasteiger partial charge is 0.161 e. The van der Waals surface area contributed by atoms with E-state index in [4.69, 9.17) is 4.74 Å². The molecule has 0 saturated heterocycles. The van der Waals surface area contributed by atoms with Crippen LogP contribution in [0.2, 0.25) is 0 Å². The zero-order chi connectivity index (χ0) is 7.84. The van der Waals surface area contributed by atoms with Gasteiger partial charge in [-0.3, -0.25) is 4.79 Å². The Morgan fingerprint density at radius 1 is 1.36 bits per heavy atom. The van der Waals surface area contributed by atoms with Gasteiger partial charge in [0.05, 0.1) is 0 Å². The molecule has 2 aliphatic rings. The van der Waals surface area contributed by atoms with Gasteiger partial charge in [0.15, 0.2) is 5.78 Å². The first-order chi connectivity index (χ1) is 5.31. The second-order valence-electron chi connectivity index (χ2n) is 3.82. The molecule has 0 aromatic carbocycles. The summed E-state index contributed by atoms with van der Waals surface area (Å²) >= 11 is 0. The van der Waals surface area contributed by atoms with Crippen molar-refractivity contribution in [2.45, 2.75) is 19.3 Å². The van der Waals surface area contributed by atoms with Gasteiger partial charge >= 0.3 is 0 Å². The molecular formula is C9H14O2. The summed E-state index contributed by atoms with van der Waals surface area (Å²) < 4.78 is 4.82. The van der Waals surface area contributed by atoms with Gasteiger partial charge in [0.25, 0.3) is 0 Å². The van der Waals surface area contributed by atoms with E-state index in [1.807, 2.05) is 0 Å². The first-order valence-electron chi connectivity index (χ1n) is 4.33. The van der Waals surface area contributed by atoms with Crippen LogP contribution in [0.4, 0.5) is 0 Å². The Labute approximate surface area is 66.9 Å². The van der Waals surface area contributed by atoms with Crippen LogP contribution in [0.1, 0.15) is 19.3 Å². The number of rotatable bonds is 3. The van der Waals surface area contributed by atoms with E-state index in [0.717, 1.165) is 24.7 Å². The number of carbonyl (C=O) groups is 1. The van der Waals surface area contributed by atoms with Gasteiger partial charge < -0.3 is 4.74 Å². The minimum atomic E-state index is 0.319. The number of ketones is 1. The van der Waals surface area contributed by atoms with Crippen molar-refractivity contribution >= 4 is 5.78 Å². The molecule has 62 valence electrons. The number of hydrogen-bond donors (Lipinski definition) is 0. The molecular weight excluding hydrogens is 140 g/mol. The van der Waals surface area contributed by atoms with E-state index in [9.17, 15) is 4.79 Å². The molecule has 2 atom stereocenters. The molecule has 0 bridgehead atoms. The maximum absolute atomic E-state index is 11.3. The Balaban J connectivity index is 1.82. The van der Waals surface area contributed by atoms with Crippen molar-refractivity contribution in [3.8, 4) is 0 Å². The lowest BCUT2D eigenvalue weighted by atomic mass is 9.99. The molecule has 0 aromatic rings. The van der Waals surface area contributed by atoms with Crippen LogP contribution in [0.3, 0.4) is 0 Å². The van der Waals surface area contributed by atoms with Crippen LogP contribution in [0, 0.1) is 17.8 Å². The highest BCUT2D eigenvalue weighted by atomic mass is 16.5. The van der Waals surface area contributed by atoms with Crippen LogP contribution in [0.15, 0.2) is 0 Å². The van der Waals surface area contributed by atoms with Gasteiger partial charge in [0, 0.05) is 13.0 Å². The third kappa shape index (κ3) is 1.32. The molecule has 0 aromatic heterocycles. The Hall–Kier alpha value is -0.370. The Morgan fingerprint density at radius 2 is 2.00 bits per heavy atom. The molecule has 2 unspecified atom stereocenters. The third-order valence-electron chi connectivity index (χ3n) is 2.99. The largest absolute Gasteiger partial charge is 0.377 e. The minimum absolute atomic E-state index is 0.319. The van der Waals surface area contributed by atoms with Gasteiger partial charge in [-0.05, 0) is 31.1 Å². The summed E-state index contributed by atoms with van der Waals surface area (Å²) in [4.78, 5) is 11.3. The van der Waals surface area contributed by atoms with Crippen LogP contribution in [-0.2, 0) is 9.53 Å². The van der Waals surface area contributed by atoms with Crippen LogP contribution >= 0.6 is 0 Å². The standard InChI is InChI=1S/C9H14O2/c1-11-5-9(10)8-3-6-2-7(6)4-8/h6-8H,2-5H2,1H3. The molecule has 11 heavy (non-hydrogen) atoms. The summed E-state index contributed by atoms with van der Waals surface area (Å²) in [7, 11) is 1.59. The normalized spacial score (nSPS) is 40.3. The molecule has 0 amide bonds. The lowest BCUT2D eigenvalue weighted by Crippen LogP contribution is -2.17. The molecule has 0 radical (unpaired) electrons. The average molecular weight is 154 g/mol. The van der Waals surface area contributed by atoms with Gasteiger partial charge in [0.1, 0.15) is 6.61 Å². The second-order valence-corrected chi connectivity index (χ2v) is 3.82. The Morgan fingerprint density at radius 3 is 2.55 bits per heavy atom. The SMILES string of the molecule is COCC(=O)C1CC2CC2C1. The highest BCUT2D eigenvalue weighted by Gasteiger charge is 2.47. The molecule has 2 heteroatoms. The molecule has 0 N–H and O–H groups in total. The monoisotopic (exact) mass is 154 g/mol. The van der Waals surface area contributed by atoms with Crippen molar-refractivity contribution in [1.29, 1.82) is 0 Å². The molecule has 2 fully saturated rings. The fourth-order valence-electron chi connectivity index (χ4n) is 2.24. The highest BCUT2D eigenvalue weighted by molar-refractivity contribution is 5.82. The van der Waals surface area contributed by atoms with E-state index in [1.165, 1.54) is 6.42 Å². The highest BCUT2D eigenvalue weighted by Crippen LogP contribution is 2.54. The van der Waals surface area contributed by atoms with E-state index >= 15 is 0 Å². The average Bonchev–Trinajstić information content (AvgIpc) is 2.59. The topological polar surface area (TPSA) is 26.3 Å². The quantitative estimate of drug-likeness (QED) is 0.611. The van der Waals surface area contributed by atoms with Crippen LogP contribution < -0.4 is 0 Å². The van der Waals surface area contributed by atoms with Gasteiger partial charge in [-0.2, -0.15) is 0 Å². The summed E-state index contributed by atoms with van der Waals surface area (Å²) in [6.45, 7) is 0.324. The zero-order valence-electron chi connectivity index (χ0n) is 6.88. The maximum Gasteiger partial charge on any atom is 0.161 e. The van der Waals surface area contributed by atoms with Crippen molar-refractivity contribution in [2.24, 2.45) is 17.8 Å². The summed E-state index contributed by atoms with van der Waals surface area (Å²) in [5, 5.41) is 0. The first kappa shape index (κ1) is 7.29. The maximum atomic E-state index is 11.3. The Kier molecular flexibility index (Phi) is 1.72. The van der Waals surface area contributed by atoms with Crippen LogP contribution in [0.5, 0.6) is 0 Å². The van der Waals surface area contributed by atoms with Gasteiger partial charge in [0.2, 0.25) is 0 Å². The summed E-state index contributed by atoms with van der Waals surface area (Å²) in [6, 6.07) is 0. The van der Waals surface area contributed by atoms with Crippen LogP contribution in [0.25, 0.3) is 0 Å². The van der Waals surface area contributed by atoms with E-state index in [-0.39, 0.29) is 0 Å². The number of fused-ring (bicyclic) bond motifs is 1. The summed E-state index contributed by atoms with van der Waals surface area (Å²) in [6.07, 6.45) is 3.68. The number of Topliss-reactive ketones (excluding diaryl/α,β-unsaturated/α-hetero) is 1. The van der Waals surface area contributed by atoms with E-state index in [1.54, 1.807) is 7.11 Å². The summed E-state index contributed by atoms with van der Waals surface area (Å²) in [5.74, 6) is 2.47. The molecule has 2 aliphatic carbocycles.